The monoisotopic (exact) mass is 1740 g/mol. The second-order valence-corrected chi connectivity index (χ2v) is 29.5. The molecule has 1 aliphatic heterocycles. The number of pyridine rings is 2. The van der Waals surface area contributed by atoms with E-state index in [0.29, 0.717) is 111 Å². The van der Waals surface area contributed by atoms with E-state index in [0.717, 1.165) is 146 Å². The Morgan fingerprint density at radius 2 is 0.952 bits per heavy atom. The molecule has 1 aliphatic rings. The average Bonchev–Trinajstić information content (AvgIpc) is 1.65. The van der Waals surface area contributed by atoms with E-state index >= 15 is 0 Å². The zero-order valence-electron chi connectivity index (χ0n) is 71.2. The largest absolute Gasteiger partial charge is 0.493 e. The first-order valence-corrected chi connectivity index (χ1v) is 41.2. The molecule has 0 radical (unpaired) electrons. The number of nitrogens with one attached hydrogen (secondary N) is 5. The Kier molecular flexibility index (Phi) is 31.0. The van der Waals surface area contributed by atoms with Gasteiger partial charge in [0, 0.05) is 120 Å². The predicted molar refractivity (Wildman–Crippen MR) is 479 cm³/mol. The highest BCUT2D eigenvalue weighted by atomic mass is 35.5. The Bertz CT molecular complexity index is 6120. The second-order valence-electron chi connectivity index (χ2n) is 29.1. The van der Waals surface area contributed by atoms with Crippen molar-refractivity contribution in [2.75, 3.05) is 105 Å². The number of nitrogen functional groups attached to an aromatic ring is 2. The number of hydrogen-bond donors (Lipinski definition) is 7. The number of hydrogen-bond acceptors (Lipinski definition) is 27. The highest BCUT2D eigenvalue weighted by molar-refractivity contribution is 6.31. The molecule has 0 saturated carbocycles. The van der Waals surface area contributed by atoms with E-state index < -0.39 is 13.2 Å². The summed E-state index contributed by atoms with van der Waals surface area (Å²) < 4.78 is 96.2. The first kappa shape index (κ1) is 89.9. The number of ether oxygens (including phenoxy) is 6. The molecule has 0 bridgehead atoms. The summed E-state index contributed by atoms with van der Waals surface area (Å²) in [6.07, 6.45) is 16.3. The standard InChI is InChI=1S/C19H22F2N4O.C18H17ClN6O.C18H20F2N4O2.C18H21N5O2.C16H20N6O/c1-3-4-10-22-18-17-15(23-13(2)24-18)9-11-25(17)12-14-7-5-6-8-16(14)26-19(20)21;1-11-8-13(24-26-11)9-21-18-17-15(22-12(2)23-18)5-7-25(17)10-16-14(19)4-3-6-20-16;1-12-22-14-7-9-24(16(14)17(23-12)21-8-10-25-2)11-13-5-3-4-6-15(13)26-18(19)20;1-24-10-7-20-17-15-14(21-18(19)22-17)5-8-23(15)11-13-4-2-3-12-6-9-25-16(12)13;1-11(12-5-3-4-7-18-12)19-15-14-13(20-16(17)21-15)6-8-22(14)9-10-23-2/h5-9,11,19H,3-4,10,12H2,1-2H3,(H,22,23,24);3-8H,9-10H2,1-2H3,(H,21,22,23);3-7,9,18H,8,10-11H2,1-2H3,(H,21,22,23);2-5,8H,6-7,9-11H2,1H3,(H3,19,20,21,22);3-8,11H,9-10H2,1-2H3,(H3,17,19,20,21)/t;;;;11-/m....1/s1. The van der Waals surface area contributed by atoms with Gasteiger partial charge in [-0.3, -0.25) is 9.97 Å². The number of alkyl halides is 4. The van der Waals surface area contributed by atoms with Crippen LogP contribution >= 0.6 is 11.6 Å². The van der Waals surface area contributed by atoms with Gasteiger partial charge in [-0.25, -0.2) is 39.9 Å². The Morgan fingerprint density at radius 3 is 1.46 bits per heavy atom. The fraction of sp³-hybridized carbons (Fsp3) is 0.315. The number of unbranched alkanes of at least 4 members (excludes halogenated alkanes) is 1. The van der Waals surface area contributed by atoms with Gasteiger partial charge in [-0.05, 0) is 113 Å². The lowest BCUT2D eigenvalue weighted by Crippen LogP contribution is -2.13. The number of halogens is 5. The van der Waals surface area contributed by atoms with Crippen molar-refractivity contribution in [1.29, 1.82) is 0 Å². The van der Waals surface area contributed by atoms with Crippen LogP contribution < -0.4 is 52.3 Å². The first-order valence-electron chi connectivity index (χ1n) is 40.9. The summed E-state index contributed by atoms with van der Waals surface area (Å²) in [4.78, 5) is 53.1. The quantitative estimate of drug-likeness (QED) is 0.0148. The molecule has 0 unspecified atom stereocenters. The Morgan fingerprint density at radius 1 is 0.484 bits per heavy atom. The Balaban J connectivity index is 0.000000135. The van der Waals surface area contributed by atoms with Crippen LogP contribution in [0.15, 0.2) is 181 Å². The Hall–Kier alpha value is -13.8. The van der Waals surface area contributed by atoms with Crippen LogP contribution in [0.5, 0.6) is 17.2 Å². The molecule has 17 rings (SSSR count). The SMILES string of the molecule is CCCCNc1nc(C)nc2ccn(Cc3ccccc3OC(F)F)c12.COCCNc1nc(C)nc2ccn(Cc3ccccc3OC(F)F)c12.COCCNc1nc(N)nc2ccn(Cc3cccc4c3OCC4)c12.COCCn1ccc2nc(N)nc(N[C@H](C)c3ccccn3)c21.Cc1nc(NCc2cc(C)on2)c2c(ccn2Cc2ncccc2Cl)n1. The maximum Gasteiger partial charge on any atom is 0.387 e. The number of aryl methyl sites for hydroxylation is 4. The molecule has 16 aromatic rings. The van der Waals surface area contributed by atoms with Gasteiger partial charge in [0.1, 0.15) is 73.8 Å². The average molecular weight is 1740 g/mol. The van der Waals surface area contributed by atoms with Crippen LogP contribution in [-0.4, -0.2) is 168 Å². The highest BCUT2D eigenvalue weighted by Crippen LogP contribution is 2.35. The third kappa shape index (κ3) is 23.3. The molecule has 0 aliphatic carbocycles. The predicted octanol–water partition coefficient (Wildman–Crippen LogP) is 16.1. The number of fused-ring (bicyclic) bond motifs is 6. The van der Waals surface area contributed by atoms with Crippen molar-refractivity contribution in [3.8, 4) is 17.2 Å². The second kappa shape index (κ2) is 43.5. The molecule has 37 heteroatoms. The molecular weight excluding hydrogens is 1640 g/mol. The van der Waals surface area contributed by atoms with Crippen LogP contribution in [0, 0.1) is 27.7 Å². The fourth-order valence-corrected chi connectivity index (χ4v) is 14.5. The molecule has 0 fully saturated rings. The number of anilines is 7. The fourth-order valence-electron chi connectivity index (χ4n) is 14.3. The molecule has 126 heavy (non-hydrogen) atoms. The molecule has 9 N–H and O–H groups in total. The van der Waals surface area contributed by atoms with E-state index in [1.807, 2.05) is 146 Å². The normalized spacial score (nSPS) is 11.8. The third-order valence-corrected chi connectivity index (χ3v) is 20.3. The van der Waals surface area contributed by atoms with Crippen LogP contribution in [0.1, 0.15) is 95.3 Å². The first-order chi connectivity index (χ1) is 61.2. The number of aromatic nitrogens is 18. The van der Waals surface area contributed by atoms with Crippen LogP contribution in [0.25, 0.3) is 55.2 Å². The molecule has 1 atom stereocenters. The Labute approximate surface area is 728 Å². The van der Waals surface area contributed by atoms with Gasteiger partial charge in [-0.15, -0.1) is 0 Å². The maximum absolute atomic E-state index is 12.7. The zero-order valence-corrected chi connectivity index (χ0v) is 72.0. The number of para-hydroxylation sites is 3. The van der Waals surface area contributed by atoms with E-state index in [1.165, 1.54) is 11.6 Å². The van der Waals surface area contributed by atoms with Gasteiger partial charge in [0.25, 0.3) is 0 Å². The molecule has 3 aromatic carbocycles. The van der Waals surface area contributed by atoms with Crippen LogP contribution in [0.3, 0.4) is 0 Å². The zero-order chi connectivity index (χ0) is 88.6. The van der Waals surface area contributed by atoms with Crippen LogP contribution in [-0.2, 0) is 59.9 Å². The highest BCUT2D eigenvalue weighted by Gasteiger charge is 2.23. The van der Waals surface area contributed by atoms with Crippen molar-refractivity contribution in [1.82, 2.24) is 87.8 Å². The summed E-state index contributed by atoms with van der Waals surface area (Å²) >= 11 is 6.26. The molecular formula is C89H100ClF4N25O7. The maximum atomic E-state index is 12.7. The van der Waals surface area contributed by atoms with Gasteiger partial charge in [-0.2, -0.15) is 27.5 Å². The molecule has 0 saturated heterocycles. The van der Waals surface area contributed by atoms with Crippen molar-refractivity contribution in [2.45, 2.75) is 119 Å². The number of benzene rings is 3. The van der Waals surface area contributed by atoms with Gasteiger partial charge in [0.2, 0.25) is 11.9 Å². The number of methoxy groups -OCH3 is 3. The lowest BCUT2D eigenvalue weighted by molar-refractivity contribution is -0.0511. The molecule has 32 nitrogen and oxygen atoms in total. The summed E-state index contributed by atoms with van der Waals surface area (Å²) in [6.45, 7) is 13.6. The third-order valence-electron chi connectivity index (χ3n) is 19.9. The summed E-state index contributed by atoms with van der Waals surface area (Å²) in [5, 5.41) is 21.3. The number of rotatable bonds is 33. The summed E-state index contributed by atoms with van der Waals surface area (Å²) in [5.74, 6) is 8.27. The van der Waals surface area contributed by atoms with E-state index in [9.17, 15) is 17.6 Å². The van der Waals surface area contributed by atoms with E-state index in [4.69, 9.17) is 46.5 Å². The molecule has 658 valence electrons. The summed E-state index contributed by atoms with van der Waals surface area (Å²) in [5.41, 5.74) is 26.5. The van der Waals surface area contributed by atoms with E-state index in [1.54, 1.807) is 76.2 Å². The number of nitrogens with zero attached hydrogens (tertiary/aromatic N) is 18. The minimum atomic E-state index is -2.87. The van der Waals surface area contributed by atoms with Gasteiger partial charge in [0.15, 0.2) is 29.1 Å². The molecule has 13 aromatic heterocycles. The van der Waals surface area contributed by atoms with Crippen molar-refractivity contribution in [3.63, 3.8) is 0 Å². The van der Waals surface area contributed by atoms with Gasteiger partial charge in [0.05, 0.1) is 109 Å². The lowest BCUT2D eigenvalue weighted by atomic mass is 10.1. The summed E-state index contributed by atoms with van der Waals surface area (Å²) in [6, 6.07) is 40.9. The molecule has 0 amide bonds. The molecule has 0 spiro atoms. The van der Waals surface area contributed by atoms with Gasteiger partial charge < -0.3 is 93.8 Å². The van der Waals surface area contributed by atoms with E-state index in [2.05, 4.69) is 135 Å². The summed E-state index contributed by atoms with van der Waals surface area (Å²) in [7, 11) is 4.98. The van der Waals surface area contributed by atoms with Gasteiger partial charge in [-0.1, -0.05) is 90.8 Å². The van der Waals surface area contributed by atoms with Crippen molar-refractivity contribution in [3.05, 3.63) is 244 Å². The minimum Gasteiger partial charge on any atom is -0.493 e. The van der Waals surface area contributed by atoms with Crippen molar-refractivity contribution in [2.24, 2.45) is 0 Å². The smallest absolute Gasteiger partial charge is 0.387 e. The lowest BCUT2D eigenvalue weighted by Gasteiger charge is -2.16. The molecule has 14 heterocycles. The minimum absolute atomic E-state index is 0.000486. The topological polar surface area (TPSA) is 373 Å². The van der Waals surface area contributed by atoms with Crippen LogP contribution in [0.4, 0.5) is 58.5 Å². The van der Waals surface area contributed by atoms with Crippen LogP contribution in [0.2, 0.25) is 5.02 Å². The van der Waals surface area contributed by atoms with Crippen molar-refractivity contribution < 1.29 is 50.5 Å². The number of nitrogens with two attached hydrogens (primary N) is 2. The van der Waals surface area contributed by atoms with Gasteiger partial charge >= 0.3 is 13.2 Å². The van der Waals surface area contributed by atoms with E-state index in [-0.39, 0.29) is 29.4 Å². The van der Waals surface area contributed by atoms with Crippen molar-refractivity contribution >= 4 is 108 Å².